The molecular formula is C17H26N4O3. The molecule has 0 radical (unpaired) electrons. The average Bonchev–Trinajstić information content (AvgIpc) is 2.44. The Morgan fingerprint density at radius 3 is 2.71 bits per heavy atom. The highest BCUT2D eigenvalue weighted by Crippen LogP contribution is 2.21. The fourth-order valence-electron chi connectivity index (χ4n) is 2.43. The number of piperazine rings is 1. The third-order valence-corrected chi connectivity index (χ3v) is 3.86. The first-order chi connectivity index (χ1) is 11.1. The zero-order valence-corrected chi connectivity index (χ0v) is 15.0. The molecular weight excluding hydrogens is 308 g/mol. The molecule has 2 amide bonds. The third kappa shape index (κ3) is 4.67. The molecule has 1 saturated heterocycles. The Balaban J connectivity index is 1.97. The van der Waals surface area contributed by atoms with Crippen molar-refractivity contribution < 1.29 is 14.3 Å². The molecule has 0 aliphatic carbocycles. The first-order valence-corrected chi connectivity index (χ1v) is 8.06. The van der Waals surface area contributed by atoms with Crippen LogP contribution in [0.5, 0.6) is 5.88 Å². The van der Waals surface area contributed by atoms with Crippen LogP contribution < -0.4 is 15.4 Å². The van der Waals surface area contributed by atoms with Gasteiger partial charge in [-0.15, -0.1) is 0 Å². The van der Waals surface area contributed by atoms with Crippen LogP contribution in [0.4, 0.5) is 4.79 Å². The number of nitrogens with zero attached hydrogens (tertiary/aromatic N) is 2. The highest BCUT2D eigenvalue weighted by Gasteiger charge is 2.37. The number of carbonyl (C=O) groups excluding carboxylic acids is 2. The van der Waals surface area contributed by atoms with Gasteiger partial charge in [-0.2, -0.15) is 0 Å². The number of nitrogens with one attached hydrogen (secondary N) is 2. The quantitative estimate of drug-likeness (QED) is 0.879. The van der Waals surface area contributed by atoms with E-state index in [1.165, 1.54) is 0 Å². The highest BCUT2D eigenvalue weighted by molar-refractivity contribution is 5.86. The van der Waals surface area contributed by atoms with Crippen molar-refractivity contribution in [3.63, 3.8) is 0 Å². The maximum absolute atomic E-state index is 12.0. The van der Waals surface area contributed by atoms with E-state index in [1.54, 1.807) is 12.3 Å². The van der Waals surface area contributed by atoms with Gasteiger partial charge in [0.1, 0.15) is 0 Å². The minimum atomic E-state index is -0.556. The van der Waals surface area contributed by atoms with Gasteiger partial charge >= 0.3 is 6.09 Å². The molecule has 0 atom stereocenters. The molecule has 0 saturated carbocycles. The van der Waals surface area contributed by atoms with Crippen molar-refractivity contribution in [2.24, 2.45) is 0 Å². The summed E-state index contributed by atoms with van der Waals surface area (Å²) in [7, 11) is 0. The average molecular weight is 334 g/mol. The van der Waals surface area contributed by atoms with E-state index in [0.717, 1.165) is 12.1 Å². The summed E-state index contributed by atoms with van der Waals surface area (Å²) >= 11 is 0. The lowest BCUT2D eigenvalue weighted by molar-refractivity contribution is -0.135. The molecule has 1 aliphatic heterocycles. The first kappa shape index (κ1) is 18.2. The number of amides is 2. The molecule has 1 aromatic heterocycles. The molecule has 2 rings (SSSR count). The van der Waals surface area contributed by atoms with Crippen LogP contribution in [0.2, 0.25) is 0 Å². The van der Waals surface area contributed by atoms with Gasteiger partial charge in [0.25, 0.3) is 0 Å². The third-order valence-electron chi connectivity index (χ3n) is 3.86. The maximum Gasteiger partial charge on any atom is 0.414 e. The van der Waals surface area contributed by atoms with E-state index in [9.17, 15) is 9.59 Å². The lowest BCUT2D eigenvalue weighted by Crippen LogP contribution is -2.61. The number of rotatable bonds is 3. The second kappa shape index (κ2) is 6.76. The first-order valence-electron chi connectivity index (χ1n) is 8.06. The topological polar surface area (TPSA) is 83.6 Å². The van der Waals surface area contributed by atoms with Gasteiger partial charge in [0.2, 0.25) is 11.8 Å². The smallest absolute Gasteiger partial charge is 0.391 e. The molecule has 1 aromatic rings. The number of pyridine rings is 1. The van der Waals surface area contributed by atoms with Gasteiger partial charge in [-0.3, -0.25) is 9.69 Å². The van der Waals surface area contributed by atoms with Gasteiger partial charge in [-0.05, 0) is 40.2 Å². The normalized spacial score (nSPS) is 18.0. The van der Waals surface area contributed by atoms with E-state index in [1.807, 2.05) is 40.7 Å². The van der Waals surface area contributed by atoms with Crippen molar-refractivity contribution in [2.45, 2.75) is 52.2 Å². The fourth-order valence-corrected chi connectivity index (χ4v) is 2.43. The van der Waals surface area contributed by atoms with E-state index in [0.29, 0.717) is 13.1 Å². The Bertz CT molecular complexity index is 605. The molecule has 2 N–H and O–H groups in total. The summed E-state index contributed by atoms with van der Waals surface area (Å²) in [4.78, 5) is 30.0. The molecule has 0 bridgehead atoms. The number of aromatic nitrogens is 1. The van der Waals surface area contributed by atoms with E-state index >= 15 is 0 Å². The van der Waals surface area contributed by atoms with Gasteiger partial charge in [0, 0.05) is 37.4 Å². The zero-order chi connectivity index (χ0) is 18.0. The summed E-state index contributed by atoms with van der Waals surface area (Å²) in [5.41, 5.74) is 0.0404. The van der Waals surface area contributed by atoms with Crippen LogP contribution in [-0.4, -0.2) is 46.1 Å². The Morgan fingerprint density at radius 2 is 2.12 bits per heavy atom. The van der Waals surface area contributed by atoms with Crippen molar-refractivity contribution >= 4 is 12.0 Å². The lowest BCUT2D eigenvalue weighted by Gasteiger charge is -2.41. The molecule has 24 heavy (non-hydrogen) atoms. The Labute approximate surface area is 142 Å². The Hall–Kier alpha value is -2.15. The summed E-state index contributed by atoms with van der Waals surface area (Å²) in [5.74, 6) is 0.275. The summed E-state index contributed by atoms with van der Waals surface area (Å²) in [5, 5.41) is 5.59. The van der Waals surface area contributed by atoms with E-state index in [2.05, 4.69) is 20.5 Å². The minimum Gasteiger partial charge on any atom is -0.391 e. The lowest BCUT2D eigenvalue weighted by atomic mass is 9.98. The van der Waals surface area contributed by atoms with Crippen LogP contribution in [0.3, 0.4) is 0 Å². The molecule has 0 aromatic carbocycles. The summed E-state index contributed by atoms with van der Waals surface area (Å²) < 4.78 is 5.15. The molecule has 0 unspecified atom stereocenters. The van der Waals surface area contributed by atoms with Gasteiger partial charge < -0.3 is 15.4 Å². The van der Waals surface area contributed by atoms with Crippen LogP contribution in [0.15, 0.2) is 18.3 Å². The Kier molecular flexibility index (Phi) is 5.13. The van der Waals surface area contributed by atoms with E-state index in [4.69, 9.17) is 4.74 Å². The second-order valence-corrected chi connectivity index (χ2v) is 7.51. The summed E-state index contributed by atoms with van der Waals surface area (Å²) in [6.07, 6.45) is 1.14. The fraction of sp³-hybridized carbons (Fsp3) is 0.588. The monoisotopic (exact) mass is 334 g/mol. The number of ether oxygens (including phenoxy) is 1. The van der Waals surface area contributed by atoms with Crippen molar-refractivity contribution in [3.05, 3.63) is 23.9 Å². The predicted octanol–water partition coefficient (Wildman–Crippen LogP) is 1.68. The molecule has 7 heteroatoms. The standard InChI is InChI=1S/C17H26N4O3/c1-16(2,3)20-15(23)24-13-7-6-12(10-19-13)11-21-9-8-18-14(22)17(21,4)5/h6-7,10H,8-9,11H2,1-5H3,(H,18,22)(H,20,23). The van der Waals surface area contributed by atoms with Gasteiger partial charge in [-0.25, -0.2) is 9.78 Å². The Morgan fingerprint density at radius 1 is 1.42 bits per heavy atom. The predicted molar refractivity (Wildman–Crippen MR) is 90.6 cm³/mol. The number of hydrogen-bond acceptors (Lipinski definition) is 5. The largest absolute Gasteiger partial charge is 0.414 e. The van der Waals surface area contributed by atoms with Gasteiger partial charge in [0.05, 0.1) is 5.54 Å². The van der Waals surface area contributed by atoms with E-state index < -0.39 is 11.6 Å². The van der Waals surface area contributed by atoms with Crippen molar-refractivity contribution in [1.82, 2.24) is 20.5 Å². The van der Waals surface area contributed by atoms with Crippen molar-refractivity contribution in [3.8, 4) is 5.88 Å². The summed E-state index contributed by atoms with van der Waals surface area (Å²) in [6.45, 7) is 11.5. The number of carbonyl (C=O) groups is 2. The molecule has 7 nitrogen and oxygen atoms in total. The second-order valence-electron chi connectivity index (χ2n) is 7.51. The van der Waals surface area contributed by atoms with Crippen LogP contribution in [-0.2, 0) is 11.3 Å². The maximum atomic E-state index is 12.0. The molecule has 0 spiro atoms. The molecule has 2 heterocycles. The zero-order valence-electron chi connectivity index (χ0n) is 15.0. The van der Waals surface area contributed by atoms with Gasteiger partial charge in [-0.1, -0.05) is 6.07 Å². The van der Waals surface area contributed by atoms with Crippen LogP contribution in [0.25, 0.3) is 0 Å². The summed E-state index contributed by atoms with van der Waals surface area (Å²) in [6, 6.07) is 3.52. The van der Waals surface area contributed by atoms with Crippen LogP contribution in [0, 0.1) is 0 Å². The minimum absolute atomic E-state index is 0.0283. The van der Waals surface area contributed by atoms with Crippen molar-refractivity contribution in [2.75, 3.05) is 13.1 Å². The van der Waals surface area contributed by atoms with E-state index in [-0.39, 0.29) is 17.3 Å². The van der Waals surface area contributed by atoms with Gasteiger partial charge in [0.15, 0.2) is 0 Å². The number of hydrogen-bond donors (Lipinski definition) is 2. The molecule has 132 valence electrons. The molecule has 1 fully saturated rings. The van der Waals surface area contributed by atoms with Crippen LogP contribution >= 0.6 is 0 Å². The van der Waals surface area contributed by atoms with Crippen molar-refractivity contribution in [1.29, 1.82) is 0 Å². The molecule has 1 aliphatic rings. The van der Waals surface area contributed by atoms with Crippen LogP contribution in [0.1, 0.15) is 40.2 Å². The highest BCUT2D eigenvalue weighted by atomic mass is 16.6. The SMILES string of the molecule is CC(C)(C)NC(=O)Oc1ccc(CN2CCNC(=O)C2(C)C)cn1.